The fourth-order valence-corrected chi connectivity index (χ4v) is 3.36. The maximum atomic E-state index is 10.7. The third-order valence-corrected chi connectivity index (χ3v) is 4.46. The van der Waals surface area contributed by atoms with Crippen molar-refractivity contribution in [2.45, 2.75) is 25.0 Å². The highest BCUT2D eigenvalue weighted by Crippen LogP contribution is 2.33. The number of nitrogens with zero attached hydrogens (tertiary/aromatic N) is 2. The lowest BCUT2D eigenvalue weighted by molar-refractivity contribution is 0.0305. The van der Waals surface area contributed by atoms with Gasteiger partial charge < -0.3 is 9.64 Å². The Morgan fingerprint density at radius 1 is 1.44 bits per heavy atom. The van der Waals surface area contributed by atoms with E-state index >= 15 is 0 Å². The molecule has 1 aromatic heterocycles. The van der Waals surface area contributed by atoms with E-state index in [9.17, 15) is 4.79 Å². The molecule has 2 aliphatic heterocycles. The Morgan fingerprint density at radius 3 is 2.69 bits per heavy atom. The van der Waals surface area contributed by atoms with Crippen LogP contribution < -0.4 is 4.90 Å². The molecule has 2 fully saturated rings. The molecule has 0 aromatic carbocycles. The molecule has 3 heterocycles. The van der Waals surface area contributed by atoms with Crippen molar-refractivity contribution in [1.29, 1.82) is 0 Å². The molecule has 2 bridgehead atoms. The number of anilines is 1. The average molecular weight is 259 g/mol. The topological polar surface area (TPSA) is 42.4 Å². The lowest BCUT2D eigenvalue weighted by Crippen LogP contribution is -2.42. The predicted octanol–water partition coefficient (Wildman–Crippen LogP) is 1.98. The molecule has 1 aromatic rings. The van der Waals surface area contributed by atoms with Gasteiger partial charge in [0.1, 0.15) is 4.88 Å². The molecule has 0 spiro atoms. The Bertz CT molecular complexity index is 411. The second-order valence-electron chi connectivity index (χ2n) is 4.13. The number of halogens is 1. The highest BCUT2D eigenvalue weighted by atomic mass is 35.5. The van der Waals surface area contributed by atoms with E-state index in [4.69, 9.17) is 16.3 Å². The number of morpholine rings is 1. The van der Waals surface area contributed by atoms with Crippen molar-refractivity contribution in [1.82, 2.24) is 4.98 Å². The van der Waals surface area contributed by atoms with Crippen LogP contribution in [0.5, 0.6) is 0 Å². The van der Waals surface area contributed by atoms with Crippen LogP contribution in [0.25, 0.3) is 0 Å². The predicted molar refractivity (Wildman–Crippen MR) is 62.6 cm³/mol. The van der Waals surface area contributed by atoms with Crippen molar-refractivity contribution in [2.75, 3.05) is 18.0 Å². The molecule has 0 N–H and O–H groups in total. The quantitative estimate of drug-likeness (QED) is 0.761. The number of thiazole rings is 1. The highest BCUT2D eigenvalue weighted by Gasteiger charge is 2.34. The third kappa shape index (κ3) is 1.73. The van der Waals surface area contributed by atoms with Gasteiger partial charge in [-0.15, -0.1) is 0 Å². The van der Waals surface area contributed by atoms with Gasteiger partial charge in [0.15, 0.2) is 16.6 Å². The van der Waals surface area contributed by atoms with Crippen molar-refractivity contribution < 1.29 is 9.53 Å². The highest BCUT2D eigenvalue weighted by molar-refractivity contribution is 7.17. The van der Waals surface area contributed by atoms with Crippen molar-refractivity contribution in [3.8, 4) is 0 Å². The standard InChI is InChI=1S/C10H11ClN2O2S/c11-9-8(5-14)16-10(12-9)13-3-6-1-2-7(4-13)15-6/h5-7H,1-4H2. The summed E-state index contributed by atoms with van der Waals surface area (Å²) < 4.78 is 5.74. The summed E-state index contributed by atoms with van der Waals surface area (Å²) in [6.45, 7) is 1.72. The summed E-state index contributed by atoms with van der Waals surface area (Å²) in [7, 11) is 0. The van der Waals surface area contributed by atoms with Crippen LogP contribution >= 0.6 is 22.9 Å². The van der Waals surface area contributed by atoms with Gasteiger partial charge in [-0.05, 0) is 12.8 Å². The largest absolute Gasteiger partial charge is 0.371 e. The van der Waals surface area contributed by atoms with Crippen LogP contribution in [-0.4, -0.2) is 36.6 Å². The van der Waals surface area contributed by atoms with Crippen molar-refractivity contribution in [3.05, 3.63) is 10.0 Å². The Hall–Kier alpha value is -0.650. The van der Waals surface area contributed by atoms with E-state index in [0.29, 0.717) is 22.2 Å². The number of hydrogen-bond donors (Lipinski definition) is 0. The zero-order valence-corrected chi connectivity index (χ0v) is 10.1. The normalized spacial score (nSPS) is 28.4. The Morgan fingerprint density at radius 2 is 2.12 bits per heavy atom. The molecule has 2 saturated heterocycles. The molecule has 2 unspecified atom stereocenters. The summed E-state index contributed by atoms with van der Waals surface area (Å²) in [6, 6.07) is 0. The van der Waals surface area contributed by atoms with Gasteiger partial charge in [0.2, 0.25) is 0 Å². The van der Waals surface area contributed by atoms with E-state index in [1.54, 1.807) is 0 Å². The van der Waals surface area contributed by atoms with Crippen LogP contribution in [0.2, 0.25) is 5.15 Å². The van der Waals surface area contributed by atoms with E-state index < -0.39 is 0 Å². The second-order valence-corrected chi connectivity index (χ2v) is 5.50. The van der Waals surface area contributed by atoms with E-state index in [-0.39, 0.29) is 0 Å². The third-order valence-electron chi connectivity index (χ3n) is 3.02. The van der Waals surface area contributed by atoms with Gasteiger partial charge in [0, 0.05) is 13.1 Å². The maximum absolute atomic E-state index is 10.7. The molecule has 2 aliphatic rings. The van der Waals surface area contributed by atoms with E-state index in [2.05, 4.69) is 9.88 Å². The van der Waals surface area contributed by atoms with Gasteiger partial charge in [-0.3, -0.25) is 4.79 Å². The van der Waals surface area contributed by atoms with Crippen molar-refractivity contribution in [2.24, 2.45) is 0 Å². The lowest BCUT2D eigenvalue weighted by Gasteiger charge is -2.31. The van der Waals surface area contributed by atoms with Gasteiger partial charge in [0.25, 0.3) is 0 Å². The van der Waals surface area contributed by atoms with Crippen LogP contribution in [0.3, 0.4) is 0 Å². The monoisotopic (exact) mass is 258 g/mol. The molecule has 16 heavy (non-hydrogen) atoms. The molecule has 0 aliphatic carbocycles. The van der Waals surface area contributed by atoms with Crippen LogP contribution in [0.4, 0.5) is 5.13 Å². The van der Waals surface area contributed by atoms with Gasteiger partial charge in [-0.2, -0.15) is 0 Å². The Labute approximate surface area is 102 Å². The van der Waals surface area contributed by atoms with Crippen LogP contribution in [0.15, 0.2) is 0 Å². The molecule has 6 heteroatoms. The van der Waals surface area contributed by atoms with Gasteiger partial charge in [-0.25, -0.2) is 4.98 Å². The minimum Gasteiger partial charge on any atom is -0.371 e. The summed E-state index contributed by atoms with van der Waals surface area (Å²) in [4.78, 5) is 17.6. The molecule has 2 atom stereocenters. The number of aldehydes is 1. The summed E-state index contributed by atoms with van der Waals surface area (Å²) in [5.74, 6) is 0. The molecule has 0 radical (unpaired) electrons. The first-order valence-electron chi connectivity index (χ1n) is 5.28. The molecular formula is C10H11ClN2O2S. The number of hydrogen-bond acceptors (Lipinski definition) is 5. The number of rotatable bonds is 2. The van der Waals surface area contributed by atoms with E-state index in [1.165, 1.54) is 11.3 Å². The summed E-state index contributed by atoms with van der Waals surface area (Å²) in [5, 5.41) is 1.15. The van der Waals surface area contributed by atoms with Gasteiger partial charge >= 0.3 is 0 Å². The second kappa shape index (κ2) is 3.98. The smallest absolute Gasteiger partial charge is 0.187 e. The zero-order valence-electron chi connectivity index (χ0n) is 8.56. The number of fused-ring (bicyclic) bond motifs is 2. The van der Waals surface area contributed by atoms with Crippen LogP contribution in [-0.2, 0) is 4.74 Å². The summed E-state index contributed by atoms with van der Waals surface area (Å²) >= 11 is 7.22. The number of ether oxygens (including phenoxy) is 1. The maximum Gasteiger partial charge on any atom is 0.187 e. The SMILES string of the molecule is O=Cc1sc(N2CC3CCC(C2)O3)nc1Cl. The zero-order chi connectivity index (χ0) is 11.1. The first-order chi connectivity index (χ1) is 7.76. The minimum atomic E-state index is 0.314. The van der Waals surface area contributed by atoms with Crippen LogP contribution in [0, 0.1) is 0 Å². The van der Waals surface area contributed by atoms with E-state index in [0.717, 1.165) is 37.3 Å². The number of aromatic nitrogens is 1. The Kier molecular flexibility index (Phi) is 2.61. The Balaban J connectivity index is 1.84. The van der Waals surface area contributed by atoms with Crippen molar-refractivity contribution >= 4 is 34.4 Å². The lowest BCUT2D eigenvalue weighted by atomic mass is 10.2. The van der Waals surface area contributed by atoms with E-state index in [1.807, 2.05) is 0 Å². The molecule has 86 valence electrons. The molecule has 4 nitrogen and oxygen atoms in total. The number of carbonyl (C=O) groups is 1. The fraction of sp³-hybridized carbons (Fsp3) is 0.600. The molecule has 3 rings (SSSR count). The summed E-state index contributed by atoms with van der Waals surface area (Å²) in [6.07, 6.45) is 3.66. The fourth-order valence-electron chi connectivity index (χ4n) is 2.28. The molecule has 0 saturated carbocycles. The minimum absolute atomic E-state index is 0.314. The molecule has 0 amide bonds. The summed E-state index contributed by atoms with van der Waals surface area (Å²) in [5.41, 5.74) is 0. The number of carbonyl (C=O) groups excluding carboxylic acids is 1. The van der Waals surface area contributed by atoms with Gasteiger partial charge in [-0.1, -0.05) is 22.9 Å². The average Bonchev–Trinajstić information content (AvgIpc) is 2.82. The van der Waals surface area contributed by atoms with Crippen molar-refractivity contribution in [3.63, 3.8) is 0 Å². The molecular weight excluding hydrogens is 248 g/mol. The first kappa shape index (κ1) is 10.5. The first-order valence-corrected chi connectivity index (χ1v) is 6.47. The van der Waals surface area contributed by atoms with Gasteiger partial charge in [0.05, 0.1) is 12.2 Å². The van der Waals surface area contributed by atoms with Crippen LogP contribution in [0.1, 0.15) is 22.5 Å².